The molecule has 1 saturated heterocycles. The Morgan fingerprint density at radius 1 is 1.26 bits per heavy atom. The van der Waals surface area contributed by atoms with Crippen LogP contribution in [0.1, 0.15) is 11.1 Å². The highest BCUT2D eigenvalue weighted by Gasteiger charge is 2.39. The van der Waals surface area contributed by atoms with Crippen molar-refractivity contribution in [2.75, 3.05) is 23.4 Å². The van der Waals surface area contributed by atoms with E-state index in [9.17, 15) is 14.7 Å². The van der Waals surface area contributed by atoms with Crippen LogP contribution in [0.4, 0.5) is 11.4 Å². The molecule has 27 heavy (non-hydrogen) atoms. The van der Waals surface area contributed by atoms with E-state index in [1.165, 1.54) is 4.90 Å². The Labute approximate surface area is 157 Å². The molecule has 1 heterocycles. The van der Waals surface area contributed by atoms with Gasteiger partial charge >= 0.3 is 0 Å². The number of morpholine rings is 1. The van der Waals surface area contributed by atoms with E-state index < -0.39 is 24.0 Å². The molecule has 2 atom stereocenters. The molecule has 0 spiro atoms. The van der Waals surface area contributed by atoms with Crippen LogP contribution in [0, 0.1) is 6.92 Å². The SMILES string of the molecule is Cc1ccc(N2CCOC(C(O)C(=O)Nc3ccc(CN)cc3)C2=O)cc1. The molecule has 3 rings (SSSR count). The number of nitrogens with zero attached hydrogens (tertiary/aromatic N) is 1. The molecular weight excluding hydrogens is 346 g/mol. The van der Waals surface area contributed by atoms with Gasteiger partial charge in [0.1, 0.15) is 0 Å². The van der Waals surface area contributed by atoms with E-state index >= 15 is 0 Å². The van der Waals surface area contributed by atoms with Crippen LogP contribution in [-0.4, -0.2) is 42.3 Å². The molecule has 4 N–H and O–H groups in total. The monoisotopic (exact) mass is 369 g/mol. The van der Waals surface area contributed by atoms with Gasteiger partial charge in [-0.25, -0.2) is 0 Å². The van der Waals surface area contributed by atoms with Crippen LogP contribution in [0.25, 0.3) is 0 Å². The summed E-state index contributed by atoms with van der Waals surface area (Å²) in [5.41, 5.74) is 8.77. The summed E-state index contributed by atoms with van der Waals surface area (Å²) in [6.45, 7) is 2.96. The van der Waals surface area contributed by atoms with Crippen LogP contribution in [-0.2, 0) is 20.9 Å². The number of ether oxygens (including phenoxy) is 1. The third-order valence-corrected chi connectivity index (χ3v) is 4.48. The van der Waals surface area contributed by atoms with E-state index in [-0.39, 0.29) is 6.61 Å². The minimum Gasteiger partial charge on any atom is -0.380 e. The van der Waals surface area contributed by atoms with Crippen LogP contribution in [0.5, 0.6) is 0 Å². The van der Waals surface area contributed by atoms with Crippen LogP contribution >= 0.6 is 0 Å². The molecule has 1 fully saturated rings. The van der Waals surface area contributed by atoms with E-state index in [4.69, 9.17) is 10.5 Å². The molecule has 0 saturated carbocycles. The number of carbonyl (C=O) groups excluding carboxylic acids is 2. The second kappa shape index (κ2) is 8.30. The first-order valence-electron chi connectivity index (χ1n) is 8.77. The van der Waals surface area contributed by atoms with Crippen molar-refractivity contribution in [2.45, 2.75) is 25.7 Å². The summed E-state index contributed by atoms with van der Waals surface area (Å²) in [6.07, 6.45) is -2.86. The predicted octanol–water partition coefficient (Wildman–Crippen LogP) is 1.19. The maximum atomic E-state index is 12.7. The lowest BCUT2D eigenvalue weighted by Gasteiger charge is -2.34. The number of nitrogens with one attached hydrogen (secondary N) is 1. The normalized spacial score (nSPS) is 18.3. The molecule has 2 unspecified atom stereocenters. The Morgan fingerprint density at radius 3 is 2.56 bits per heavy atom. The largest absolute Gasteiger partial charge is 0.380 e. The smallest absolute Gasteiger partial charge is 0.259 e. The van der Waals surface area contributed by atoms with E-state index in [1.54, 1.807) is 24.3 Å². The van der Waals surface area contributed by atoms with E-state index in [2.05, 4.69) is 5.32 Å². The topological polar surface area (TPSA) is 105 Å². The third kappa shape index (κ3) is 4.33. The highest BCUT2D eigenvalue weighted by molar-refractivity contribution is 6.03. The zero-order chi connectivity index (χ0) is 19.4. The molecule has 2 amide bonds. The number of carbonyl (C=O) groups is 2. The first-order chi connectivity index (χ1) is 13.0. The van der Waals surface area contributed by atoms with E-state index in [1.807, 2.05) is 31.2 Å². The standard InChI is InChI=1S/C20H23N3O4/c1-13-2-8-16(9-3-13)23-10-11-27-18(20(23)26)17(24)19(25)22-15-6-4-14(12-21)5-7-15/h2-9,17-18,24H,10-12,21H2,1H3,(H,22,25). The number of rotatable bonds is 5. The molecule has 2 aromatic carbocycles. The fourth-order valence-corrected chi connectivity index (χ4v) is 2.89. The number of nitrogens with two attached hydrogens (primary N) is 1. The molecule has 142 valence electrons. The van der Waals surface area contributed by atoms with Gasteiger partial charge in [-0.1, -0.05) is 29.8 Å². The lowest BCUT2D eigenvalue weighted by Crippen LogP contribution is -2.55. The van der Waals surface area contributed by atoms with Gasteiger partial charge in [0.2, 0.25) is 0 Å². The summed E-state index contributed by atoms with van der Waals surface area (Å²) < 4.78 is 5.40. The van der Waals surface area contributed by atoms with Crippen LogP contribution in [0.15, 0.2) is 48.5 Å². The maximum absolute atomic E-state index is 12.7. The maximum Gasteiger partial charge on any atom is 0.259 e. The number of hydrogen-bond acceptors (Lipinski definition) is 5. The zero-order valence-corrected chi connectivity index (χ0v) is 15.1. The van der Waals surface area contributed by atoms with Gasteiger partial charge in [-0.15, -0.1) is 0 Å². The fraction of sp³-hybridized carbons (Fsp3) is 0.300. The average Bonchev–Trinajstić information content (AvgIpc) is 2.69. The van der Waals surface area contributed by atoms with Crippen molar-refractivity contribution in [3.63, 3.8) is 0 Å². The van der Waals surface area contributed by atoms with Gasteiger partial charge in [-0.05, 0) is 36.8 Å². The second-order valence-corrected chi connectivity index (χ2v) is 6.45. The van der Waals surface area contributed by atoms with Gasteiger partial charge in [0, 0.05) is 24.5 Å². The number of amides is 2. The number of aryl methyl sites for hydroxylation is 1. The predicted molar refractivity (Wildman–Crippen MR) is 102 cm³/mol. The third-order valence-electron chi connectivity index (χ3n) is 4.48. The fourth-order valence-electron chi connectivity index (χ4n) is 2.89. The second-order valence-electron chi connectivity index (χ2n) is 6.45. The molecule has 0 aromatic heterocycles. The number of benzene rings is 2. The van der Waals surface area contributed by atoms with Crippen molar-refractivity contribution in [1.29, 1.82) is 0 Å². The van der Waals surface area contributed by atoms with Gasteiger partial charge in [-0.2, -0.15) is 0 Å². The van der Waals surface area contributed by atoms with Gasteiger partial charge in [0.25, 0.3) is 11.8 Å². The van der Waals surface area contributed by atoms with Crippen LogP contribution in [0.3, 0.4) is 0 Å². The molecule has 0 aliphatic carbocycles. The highest BCUT2D eigenvalue weighted by atomic mass is 16.5. The summed E-state index contributed by atoms with van der Waals surface area (Å²) in [6, 6.07) is 14.4. The van der Waals surface area contributed by atoms with Crippen molar-refractivity contribution in [3.05, 3.63) is 59.7 Å². The summed E-state index contributed by atoms with van der Waals surface area (Å²) in [5.74, 6) is -1.13. The zero-order valence-electron chi connectivity index (χ0n) is 15.1. The van der Waals surface area contributed by atoms with E-state index in [0.29, 0.717) is 24.5 Å². The van der Waals surface area contributed by atoms with Gasteiger partial charge in [-0.3, -0.25) is 9.59 Å². The van der Waals surface area contributed by atoms with Crippen molar-refractivity contribution < 1.29 is 19.4 Å². The van der Waals surface area contributed by atoms with Crippen molar-refractivity contribution in [3.8, 4) is 0 Å². The summed E-state index contributed by atoms with van der Waals surface area (Å²) in [7, 11) is 0. The Hall–Kier alpha value is -2.74. The quantitative estimate of drug-likeness (QED) is 0.734. The molecular formula is C20H23N3O4. The highest BCUT2D eigenvalue weighted by Crippen LogP contribution is 2.21. The van der Waals surface area contributed by atoms with Crippen molar-refractivity contribution in [2.24, 2.45) is 5.73 Å². The van der Waals surface area contributed by atoms with Crippen LogP contribution in [0.2, 0.25) is 0 Å². The summed E-state index contributed by atoms with van der Waals surface area (Å²) >= 11 is 0. The number of aliphatic hydroxyl groups is 1. The number of aliphatic hydroxyl groups excluding tert-OH is 1. The van der Waals surface area contributed by atoms with Gasteiger partial charge < -0.3 is 25.8 Å². The molecule has 0 bridgehead atoms. The van der Waals surface area contributed by atoms with E-state index in [0.717, 1.165) is 11.1 Å². The minimum atomic E-state index is -1.61. The molecule has 1 aliphatic heterocycles. The first-order valence-corrected chi connectivity index (χ1v) is 8.77. The lowest BCUT2D eigenvalue weighted by atomic mass is 10.1. The Morgan fingerprint density at radius 2 is 1.93 bits per heavy atom. The lowest BCUT2D eigenvalue weighted by molar-refractivity contribution is -0.150. The first kappa shape index (κ1) is 19.0. The average molecular weight is 369 g/mol. The Bertz CT molecular complexity index is 805. The van der Waals surface area contributed by atoms with Gasteiger partial charge in [0.05, 0.1) is 6.61 Å². The molecule has 1 aliphatic rings. The Kier molecular flexibility index (Phi) is 5.85. The number of anilines is 2. The number of hydrogen-bond donors (Lipinski definition) is 3. The molecule has 7 heteroatoms. The van der Waals surface area contributed by atoms with Crippen LogP contribution < -0.4 is 16.0 Å². The molecule has 2 aromatic rings. The molecule has 7 nitrogen and oxygen atoms in total. The van der Waals surface area contributed by atoms with Crippen molar-refractivity contribution in [1.82, 2.24) is 0 Å². The van der Waals surface area contributed by atoms with Crippen molar-refractivity contribution >= 4 is 23.2 Å². The molecule has 0 radical (unpaired) electrons. The Balaban J connectivity index is 1.68. The minimum absolute atomic E-state index is 0.236. The van der Waals surface area contributed by atoms with Gasteiger partial charge in [0.15, 0.2) is 12.2 Å². The summed E-state index contributed by atoms with van der Waals surface area (Å²) in [5, 5.41) is 13.0. The summed E-state index contributed by atoms with van der Waals surface area (Å²) in [4.78, 5) is 26.6.